The fourth-order valence-electron chi connectivity index (χ4n) is 4.89. The van der Waals surface area contributed by atoms with Crippen LogP contribution in [0.25, 0.3) is 0 Å². The number of carbonyl (C=O) groups excluding carboxylic acids is 2. The van der Waals surface area contributed by atoms with Crippen molar-refractivity contribution in [2.45, 2.75) is 70.4 Å². The number of amides is 2. The molecule has 1 aliphatic rings. The Morgan fingerprint density at radius 1 is 1.17 bits per heavy atom. The second-order valence-corrected chi connectivity index (χ2v) is 10.4. The van der Waals surface area contributed by atoms with E-state index >= 15 is 0 Å². The maximum absolute atomic E-state index is 13.0. The minimum atomic E-state index is -0.567. The van der Waals surface area contributed by atoms with Gasteiger partial charge >= 0.3 is 0 Å². The smallest absolute Gasteiger partial charge is 0.243 e. The molecule has 7 heteroatoms. The van der Waals surface area contributed by atoms with Crippen LogP contribution in [0.5, 0.6) is 0 Å². The van der Waals surface area contributed by atoms with Crippen molar-refractivity contribution < 1.29 is 9.59 Å². The van der Waals surface area contributed by atoms with Gasteiger partial charge in [-0.05, 0) is 60.9 Å². The molecule has 0 radical (unpaired) electrons. The largest absolute Gasteiger partial charge is 0.350 e. The van der Waals surface area contributed by atoms with Gasteiger partial charge in [-0.25, -0.2) is 0 Å². The second-order valence-electron chi connectivity index (χ2n) is 9.51. The summed E-state index contributed by atoms with van der Waals surface area (Å²) in [6, 6.07) is 17.2. The Morgan fingerprint density at radius 2 is 1.91 bits per heavy atom. The molecule has 1 unspecified atom stereocenters. The number of benzene rings is 2. The topological polar surface area (TPSA) is 73.2 Å². The van der Waals surface area contributed by atoms with Crippen molar-refractivity contribution in [3.8, 4) is 6.07 Å². The number of likely N-dealkylation sites (tertiary alicyclic amines) is 1. The Kier molecular flexibility index (Phi) is 9.60. The molecular formula is C28H33Cl2N3O2. The van der Waals surface area contributed by atoms with E-state index in [1.165, 1.54) is 0 Å². The Balaban J connectivity index is 1.53. The molecule has 1 heterocycles. The molecule has 2 aromatic carbocycles. The maximum atomic E-state index is 13.0. The summed E-state index contributed by atoms with van der Waals surface area (Å²) in [6.07, 6.45) is 3.98. The highest BCUT2D eigenvalue weighted by atomic mass is 35.5. The monoisotopic (exact) mass is 513 g/mol. The van der Waals surface area contributed by atoms with Crippen LogP contribution in [0.15, 0.2) is 48.5 Å². The quantitative estimate of drug-likeness (QED) is 0.380. The predicted octanol–water partition coefficient (Wildman–Crippen LogP) is 6.28. The van der Waals surface area contributed by atoms with Crippen LogP contribution >= 0.6 is 23.2 Å². The lowest BCUT2D eigenvalue weighted by atomic mass is 9.69. The van der Waals surface area contributed by atoms with Crippen molar-refractivity contribution in [3.63, 3.8) is 0 Å². The summed E-state index contributed by atoms with van der Waals surface area (Å²) in [5.41, 5.74) is 1.20. The molecule has 1 fully saturated rings. The highest BCUT2D eigenvalue weighted by Gasteiger charge is 2.36. The molecular weight excluding hydrogens is 481 g/mol. The first kappa shape index (κ1) is 27.0. The Labute approximate surface area is 218 Å². The van der Waals surface area contributed by atoms with E-state index < -0.39 is 11.5 Å². The van der Waals surface area contributed by atoms with E-state index in [9.17, 15) is 14.9 Å². The highest BCUT2D eigenvalue weighted by Crippen LogP contribution is 2.37. The zero-order valence-electron chi connectivity index (χ0n) is 20.4. The van der Waals surface area contributed by atoms with Gasteiger partial charge < -0.3 is 10.2 Å². The van der Waals surface area contributed by atoms with E-state index in [1.54, 1.807) is 23.1 Å². The molecule has 35 heavy (non-hydrogen) atoms. The molecule has 3 rings (SSSR count). The normalized spacial score (nSPS) is 17.1. The van der Waals surface area contributed by atoms with Crippen LogP contribution in [0.1, 0.15) is 63.5 Å². The maximum Gasteiger partial charge on any atom is 0.243 e. The fourth-order valence-corrected chi connectivity index (χ4v) is 5.27. The summed E-state index contributed by atoms with van der Waals surface area (Å²) in [6.45, 7) is 5.01. The number of unbranched alkanes of at least 4 members (excludes halogenated alkanes) is 1. The third-order valence-corrected chi connectivity index (χ3v) is 7.63. The van der Waals surface area contributed by atoms with Crippen molar-refractivity contribution in [1.29, 1.82) is 5.26 Å². The number of nitriles is 1. The lowest BCUT2D eigenvalue weighted by Gasteiger charge is -2.31. The van der Waals surface area contributed by atoms with Gasteiger partial charge in [0.25, 0.3) is 0 Å². The van der Waals surface area contributed by atoms with Crippen molar-refractivity contribution in [3.05, 3.63) is 69.7 Å². The molecule has 0 bridgehead atoms. The number of nitrogens with zero attached hydrogens (tertiary/aromatic N) is 2. The van der Waals surface area contributed by atoms with Crippen LogP contribution < -0.4 is 5.32 Å². The van der Waals surface area contributed by atoms with Crippen LogP contribution in [0, 0.1) is 17.2 Å². The van der Waals surface area contributed by atoms with Gasteiger partial charge in [-0.1, -0.05) is 73.8 Å². The summed E-state index contributed by atoms with van der Waals surface area (Å²) in [7, 11) is 0. The van der Waals surface area contributed by atoms with E-state index in [0.29, 0.717) is 42.3 Å². The molecule has 5 nitrogen and oxygen atoms in total. The first-order chi connectivity index (χ1) is 16.8. The Bertz CT molecular complexity index is 1070. The molecule has 0 aromatic heterocycles. The van der Waals surface area contributed by atoms with Gasteiger partial charge in [0.05, 0.1) is 11.5 Å². The predicted molar refractivity (Wildman–Crippen MR) is 140 cm³/mol. The van der Waals surface area contributed by atoms with Gasteiger partial charge in [-0.3, -0.25) is 9.59 Å². The van der Waals surface area contributed by atoms with Crippen LogP contribution in [0.2, 0.25) is 10.0 Å². The third-order valence-electron chi connectivity index (χ3n) is 7.02. The minimum Gasteiger partial charge on any atom is -0.350 e. The summed E-state index contributed by atoms with van der Waals surface area (Å²) in [5.74, 6) is -0.0141. The molecule has 1 saturated heterocycles. The number of rotatable bonds is 10. The van der Waals surface area contributed by atoms with Crippen LogP contribution in [-0.4, -0.2) is 29.3 Å². The molecule has 2 amide bonds. The van der Waals surface area contributed by atoms with E-state index in [0.717, 1.165) is 24.0 Å². The van der Waals surface area contributed by atoms with Gasteiger partial charge in [0, 0.05) is 29.6 Å². The van der Waals surface area contributed by atoms with Gasteiger partial charge in [0.2, 0.25) is 11.8 Å². The molecule has 1 N–H and O–H groups in total. The number of nitrogens with one attached hydrogen (secondary N) is 1. The van der Waals surface area contributed by atoms with Gasteiger partial charge in [-0.2, -0.15) is 5.26 Å². The third kappa shape index (κ3) is 6.57. The fraction of sp³-hybridized carbons (Fsp3) is 0.464. The molecule has 0 spiro atoms. The molecule has 186 valence electrons. The first-order valence-electron chi connectivity index (χ1n) is 12.3. The zero-order chi connectivity index (χ0) is 25.4. The van der Waals surface area contributed by atoms with E-state index in [1.807, 2.05) is 30.3 Å². The standard InChI is InChI=1S/C28H33Cl2N3O2/c1-20(2)28(19-31,22-9-4-3-5-10-22)15-7-6-12-26(34)33-16-8-11-25(33)27(35)32-18-21-17-23(29)13-14-24(21)30/h3-5,9-10,13-14,17,20,25H,6-8,11-12,15-16,18H2,1-2H3,(H,32,35)/t25-,28?/m1/s1. The summed E-state index contributed by atoms with van der Waals surface area (Å²) >= 11 is 12.2. The number of halogens is 2. The average molecular weight is 514 g/mol. The van der Waals surface area contributed by atoms with Crippen LogP contribution in [0.3, 0.4) is 0 Å². The highest BCUT2D eigenvalue weighted by molar-refractivity contribution is 6.33. The Hall–Kier alpha value is -2.55. The van der Waals surface area contributed by atoms with Crippen molar-refractivity contribution in [2.24, 2.45) is 5.92 Å². The van der Waals surface area contributed by atoms with E-state index in [2.05, 4.69) is 25.2 Å². The molecule has 0 saturated carbocycles. The first-order valence-corrected chi connectivity index (χ1v) is 13.0. The SMILES string of the molecule is CC(C)C(C#N)(CCCCC(=O)N1CCC[C@@H]1C(=O)NCc1cc(Cl)ccc1Cl)c1ccccc1. The second kappa shape index (κ2) is 12.4. The minimum absolute atomic E-state index is 0.00439. The van der Waals surface area contributed by atoms with Gasteiger partial charge in [0.15, 0.2) is 0 Å². The Morgan fingerprint density at radius 3 is 2.60 bits per heavy atom. The number of carbonyl (C=O) groups is 2. The van der Waals surface area contributed by atoms with E-state index in [4.69, 9.17) is 23.2 Å². The lowest BCUT2D eigenvalue weighted by molar-refractivity contribution is -0.138. The van der Waals surface area contributed by atoms with Crippen LogP contribution in [0.4, 0.5) is 0 Å². The molecule has 2 aromatic rings. The van der Waals surface area contributed by atoms with Crippen molar-refractivity contribution in [1.82, 2.24) is 10.2 Å². The molecule has 1 aliphatic heterocycles. The van der Waals surface area contributed by atoms with E-state index in [-0.39, 0.29) is 24.3 Å². The van der Waals surface area contributed by atoms with Crippen LogP contribution in [-0.2, 0) is 21.5 Å². The van der Waals surface area contributed by atoms with Crippen molar-refractivity contribution >= 4 is 35.0 Å². The van der Waals surface area contributed by atoms with Crippen molar-refractivity contribution in [2.75, 3.05) is 6.54 Å². The summed E-state index contributed by atoms with van der Waals surface area (Å²) in [5, 5.41) is 14.1. The molecule has 2 atom stereocenters. The summed E-state index contributed by atoms with van der Waals surface area (Å²) < 4.78 is 0. The number of hydrogen-bond donors (Lipinski definition) is 1. The summed E-state index contributed by atoms with van der Waals surface area (Å²) in [4.78, 5) is 27.5. The average Bonchev–Trinajstić information content (AvgIpc) is 3.35. The van der Waals surface area contributed by atoms with Gasteiger partial charge in [0.1, 0.15) is 6.04 Å². The molecule has 0 aliphatic carbocycles. The van der Waals surface area contributed by atoms with Gasteiger partial charge in [-0.15, -0.1) is 0 Å². The lowest BCUT2D eigenvalue weighted by Crippen LogP contribution is -2.45. The zero-order valence-corrected chi connectivity index (χ0v) is 21.9. The number of hydrogen-bond acceptors (Lipinski definition) is 3.